The molecular formula is C19H31N. The Balaban J connectivity index is 1.31. The highest BCUT2D eigenvalue weighted by Gasteiger charge is 2.49. The van der Waals surface area contributed by atoms with Gasteiger partial charge in [0.1, 0.15) is 0 Å². The molecule has 1 nitrogen and oxygen atoms in total. The van der Waals surface area contributed by atoms with Gasteiger partial charge in [0.05, 0.1) is 0 Å². The van der Waals surface area contributed by atoms with E-state index in [2.05, 4.69) is 17.5 Å². The molecule has 0 aromatic rings. The van der Waals surface area contributed by atoms with E-state index in [0.717, 1.165) is 30.3 Å². The molecule has 5 aliphatic rings. The molecule has 20 heavy (non-hydrogen) atoms. The number of nitrogens with one attached hydrogen (secondary N) is 1. The average Bonchev–Trinajstić information content (AvgIpc) is 2.43. The van der Waals surface area contributed by atoms with E-state index in [9.17, 15) is 0 Å². The largest absolute Gasteiger partial charge is 0.311 e. The normalized spacial score (nSPS) is 44.5. The maximum absolute atomic E-state index is 3.77. The molecule has 5 fully saturated rings. The highest BCUT2D eigenvalue weighted by molar-refractivity contribution is 5.11. The molecule has 1 heteroatoms. The quantitative estimate of drug-likeness (QED) is 0.733. The van der Waals surface area contributed by atoms with Crippen LogP contribution in [0.3, 0.4) is 0 Å². The van der Waals surface area contributed by atoms with Crippen LogP contribution in [0.25, 0.3) is 0 Å². The van der Waals surface area contributed by atoms with Crippen LogP contribution in [0, 0.1) is 23.2 Å². The van der Waals surface area contributed by atoms with E-state index in [-0.39, 0.29) is 0 Å². The topological polar surface area (TPSA) is 12.0 Å². The van der Waals surface area contributed by atoms with Crippen molar-refractivity contribution in [2.75, 3.05) is 6.54 Å². The molecule has 0 saturated heterocycles. The van der Waals surface area contributed by atoms with Gasteiger partial charge in [-0.15, -0.1) is 0 Å². The molecule has 0 spiro atoms. The molecule has 0 unspecified atom stereocenters. The summed E-state index contributed by atoms with van der Waals surface area (Å²) in [5, 5.41) is 3.77. The van der Waals surface area contributed by atoms with Crippen LogP contribution in [-0.4, -0.2) is 12.6 Å². The van der Waals surface area contributed by atoms with Crippen molar-refractivity contribution >= 4 is 0 Å². The molecule has 0 radical (unpaired) electrons. The fourth-order valence-corrected chi connectivity index (χ4v) is 6.23. The number of allylic oxidation sites excluding steroid dienone is 1. The lowest BCUT2D eigenvalue weighted by Gasteiger charge is -2.56. The highest BCUT2D eigenvalue weighted by Crippen LogP contribution is 2.60. The zero-order valence-electron chi connectivity index (χ0n) is 12.9. The Hall–Kier alpha value is -0.300. The first-order valence-corrected chi connectivity index (χ1v) is 9.22. The summed E-state index contributed by atoms with van der Waals surface area (Å²) >= 11 is 0. The monoisotopic (exact) mass is 273 g/mol. The van der Waals surface area contributed by atoms with Crippen molar-refractivity contribution < 1.29 is 0 Å². The second-order valence-corrected chi connectivity index (χ2v) is 8.43. The summed E-state index contributed by atoms with van der Waals surface area (Å²) in [4.78, 5) is 0. The standard InChI is InChI=1S/C19H31N/c1-2-5-18(6-3-1)20-8-4-7-19-12-15-9-16(13-19)11-17(10-15)14-19/h4,7,15-18,20H,1-3,5-6,8-14H2/b7-4+. The third-order valence-corrected chi connectivity index (χ3v) is 6.69. The maximum atomic E-state index is 3.77. The summed E-state index contributed by atoms with van der Waals surface area (Å²) in [5.74, 6) is 3.24. The summed E-state index contributed by atoms with van der Waals surface area (Å²) in [5.41, 5.74) is 0.628. The van der Waals surface area contributed by atoms with E-state index >= 15 is 0 Å². The third kappa shape index (κ3) is 2.71. The molecule has 1 N–H and O–H groups in total. The van der Waals surface area contributed by atoms with E-state index in [1.165, 1.54) is 51.4 Å². The van der Waals surface area contributed by atoms with Gasteiger partial charge in [-0.1, -0.05) is 31.4 Å². The lowest BCUT2D eigenvalue weighted by molar-refractivity contribution is -0.0238. The Bertz CT molecular complexity index is 329. The van der Waals surface area contributed by atoms with Gasteiger partial charge in [0.2, 0.25) is 0 Å². The van der Waals surface area contributed by atoms with E-state index in [1.54, 1.807) is 19.3 Å². The smallest absolute Gasteiger partial charge is 0.0137 e. The second kappa shape index (κ2) is 5.48. The zero-order valence-corrected chi connectivity index (χ0v) is 12.9. The van der Waals surface area contributed by atoms with Crippen LogP contribution in [0.4, 0.5) is 0 Å². The van der Waals surface area contributed by atoms with Crippen molar-refractivity contribution in [1.82, 2.24) is 5.32 Å². The first-order valence-electron chi connectivity index (χ1n) is 9.22. The molecule has 0 aromatic carbocycles. The summed E-state index contributed by atoms with van der Waals surface area (Å²) < 4.78 is 0. The van der Waals surface area contributed by atoms with E-state index in [1.807, 2.05) is 0 Å². The second-order valence-electron chi connectivity index (χ2n) is 8.43. The van der Waals surface area contributed by atoms with Crippen molar-refractivity contribution in [3.63, 3.8) is 0 Å². The van der Waals surface area contributed by atoms with Crippen molar-refractivity contribution in [3.8, 4) is 0 Å². The van der Waals surface area contributed by atoms with Crippen molar-refractivity contribution in [2.24, 2.45) is 23.2 Å². The summed E-state index contributed by atoms with van der Waals surface area (Å²) in [6.45, 7) is 1.12. The molecule has 5 saturated carbocycles. The zero-order chi connectivity index (χ0) is 13.4. The molecule has 0 aromatic heterocycles. The summed E-state index contributed by atoms with van der Waals surface area (Å²) in [6, 6.07) is 0.810. The van der Waals surface area contributed by atoms with Gasteiger partial charge < -0.3 is 5.32 Å². The van der Waals surface area contributed by atoms with Gasteiger partial charge in [0.15, 0.2) is 0 Å². The number of rotatable bonds is 4. The van der Waals surface area contributed by atoms with Crippen LogP contribution in [0.1, 0.15) is 70.6 Å². The van der Waals surface area contributed by atoms with Crippen LogP contribution in [0.2, 0.25) is 0 Å². The molecule has 4 bridgehead atoms. The number of hydrogen-bond donors (Lipinski definition) is 1. The first-order chi connectivity index (χ1) is 9.81. The fourth-order valence-electron chi connectivity index (χ4n) is 6.23. The van der Waals surface area contributed by atoms with Crippen LogP contribution in [0.15, 0.2) is 12.2 Å². The lowest BCUT2D eigenvalue weighted by atomic mass is 9.49. The Morgan fingerprint density at radius 1 is 0.850 bits per heavy atom. The minimum atomic E-state index is 0.628. The molecule has 0 heterocycles. The third-order valence-electron chi connectivity index (χ3n) is 6.69. The van der Waals surface area contributed by atoms with E-state index in [0.29, 0.717) is 5.41 Å². The summed E-state index contributed by atoms with van der Waals surface area (Å²) in [7, 11) is 0. The first kappa shape index (κ1) is 13.4. The van der Waals surface area contributed by atoms with Gasteiger partial charge in [-0.05, 0) is 74.5 Å². The SMILES string of the molecule is C(=C\C12CC3CC(CC(C3)C1)C2)/CNC1CCCCC1. The maximum Gasteiger partial charge on any atom is 0.0137 e. The van der Waals surface area contributed by atoms with Gasteiger partial charge in [0, 0.05) is 12.6 Å². The Morgan fingerprint density at radius 2 is 1.45 bits per heavy atom. The average molecular weight is 273 g/mol. The Kier molecular flexibility index (Phi) is 3.66. The lowest BCUT2D eigenvalue weighted by Crippen LogP contribution is -2.45. The molecule has 0 amide bonds. The molecule has 0 aliphatic heterocycles. The van der Waals surface area contributed by atoms with E-state index in [4.69, 9.17) is 0 Å². The molecule has 5 aliphatic carbocycles. The minimum absolute atomic E-state index is 0.628. The Morgan fingerprint density at radius 3 is 2.05 bits per heavy atom. The van der Waals surface area contributed by atoms with Crippen LogP contribution < -0.4 is 5.32 Å². The van der Waals surface area contributed by atoms with E-state index < -0.39 is 0 Å². The molecular weight excluding hydrogens is 242 g/mol. The predicted octanol–water partition coefficient (Wildman–Crippen LogP) is 4.68. The predicted molar refractivity (Wildman–Crippen MR) is 84.6 cm³/mol. The van der Waals surface area contributed by atoms with Gasteiger partial charge in [-0.25, -0.2) is 0 Å². The minimum Gasteiger partial charge on any atom is -0.311 e. The van der Waals surface area contributed by atoms with Crippen LogP contribution in [0.5, 0.6) is 0 Å². The Labute approximate surface area is 124 Å². The van der Waals surface area contributed by atoms with Crippen molar-refractivity contribution in [2.45, 2.75) is 76.7 Å². The molecule has 112 valence electrons. The van der Waals surface area contributed by atoms with Crippen molar-refractivity contribution in [3.05, 3.63) is 12.2 Å². The van der Waals surface area contributed by atoms with Gasteiger partial charge >= 0.3 is 0 Å². The van der Waals surface area contributed by atoms with Crippen LogP contribution in [-0.2, 0) is 0 Å². The molecule has 0 atom stereocenters. The highest BCUT2D eigenvalue weighted by atomic mass is 14.9. The van der Waals surface area contributed by atoms with Crippen molar-refractivity contribution in [1.29, 1.82) is 0 Å². The fraction of sp³-hybridized carbons (Fsp3) is 0.895. The molecule has 5 rings (SSSR count). The van der Waals surface area contributed by atoms with Gasteiger partial charge in [-0.3, -0.25) is 0 Å². The van der Waals surface area contributed by atoms with Gasteiger partial charge in [-0.2, -0.15) is 0 Å². The van der Waals surface area contributed by atoms with Gasteiger partial charge in [0.25, 0.3) is 0 Å². The summed E-state index contributed by atoms with van der Waals surface area (Å²) in [6.07, 6.45) is 21.5. The van der Waals surface area contributed by atoms with Crippen LogP contribution >= 0.6 is 0 Å². The number of hydrogen-bond acceptors (Lipinski definition) is 1.